The monoisotopic (exact) mass is 183 g/mol. The van der Waals surface area contributed by atoms with Gasteiger partial charge in [-0.2, -0.15) is 0 Å². The number of nitrogens with one attached hydrogen (secondary N) is 1. The van der Waals surface area contributed by atoms with Gasteiger partial charge >= 0.3 is 0 Å². The molecule has 0 bridgehead atoms. The number of carbonyl (C=O) groups excluding carboxylic acids is 1. The molecule has 1 fully saturated rings. The van der Waals surface area contributed by atoms with Gasteiger partial charge in [0.2, 0.25) is 6.41 Å². The molecule has 13 heavy (non-hydrogen) atoms. The van der Waals surface area contributed by atoms with Crippen LogP contribution in [-0.2, 0) is 9.53 Å². The Morgan fingerprint density at radius 3 is 2.46 bits per heavy atom. The predicted octanol–water partition coefficient (Wildman–Crippen LogP) is -0.472. The highest BCUT2D eigenvalue weighted by atomic mass is 16.5. The third-order valence-electron chi connectivity index (χ3n) is 1.49. The molecule has 0 aliphatic carbocycles. The summed E-state index contributed by atoms with van der Waals surface area (Å²) in [6.45, 7) is 3.83. The van der Waals surface area contributed by atoms with E-state index in [9.17, 15) is 4.79 Å². The fourth-order valence-electron chi connectivity index (χ4n) is 0.848. The number of ether oxygens (including phenoxy) is 1. The van der Waals surface area contributed by atoms with Gasteiger partial charge < -0.3 is 10.1 Å². The summed E-state index contributed by atoms with van der Waals surface area (Å²) in [4.78, 5) is 13.4. The molecule has 1 aromatic rings. The Hall–Kier alpha value is -1.20. The lowest BCUT2D eigenvalue weighted by Gasteiger charge is -2.10. The first-order valence-corrected chi connectivity index (χ1v) is 4.14. The van der Waals surface area contributed by atoms with Crippen LogP contribution in [0.2, 0.25) is 0 Å². The summed E-state index contributed by atoms with van der Waals surface area (Å²) in [7, 11) is 0. The molecule has 0 radical (unpaired) electrons. The standard InChI is InChI=1S/C4H4N2O.C4H9NO/c7-4-6-2-1-5-3-6;1-3-6-4-2-5-1/h1-4H;5H,1-4H2. The van der Waals surface area contributed by atoms with Gasteiger partial charge in [0.1, 0.15) is 6.33 Å². The highest BCUT2D eigenvalue weighted by Gasteiger charge is 1.92. The molecule has 2 heterocycles. The third-order valence-corrected chi connectivity index (χ3v) is 1.49. The lowest BCUT2D eigenvalue weighted by atomic mass is 10.5. The van der Waals surface area contributed by atoms with Crippen LogP contribution in [0.5, 0.6) is 0 Å². The predicted molar refractivity (Wildman–Crippen MR) is 48.1 cm³/mol. The van der Waals surface area contributed by atoms with Crippen molar-refractivity contribution >= 4 is 6.41 Å². The van der Waals surface area contributed by atoms with E-state index in [4.69, 9.17) is 4.74 Å². The molecule has 0 saturated carbocycles. The normalized spacial score (nSPS) is 15.7. The van der Waals surface area contributed by atoms with Gasteiger partial charge in [-0.1, -0.05) is 0 Å². The molecule has 0 unspecified atom stereocenters. The lowest BCUT2D eigenvalue weighted by Crippen LogP contribution is -2.30. The molecular weight excluding hydrogens is 170 g/mol. The third kappa shape index (κ3) is 4.39. The second-order valence-corrected chi connectivity index (χ2v) is 2.48. The summed E-state index contributed by atoms with van der Waals surface area (Å²) >= 11 is 0. The fourth-order valence-corrected chi connectivity index (χ4v) is 0.848. The van der Waals surface area contributed by atoms with Crippen LogP contribution in [0.3, 0.4) is 0 Å². The first-order chi connectivity index (χ1) is 6.43. The summed E-state index contributed by atoms with van der Waals surface area (Å²) in [6, 6.07) is 0. The van der Waals surface area contributed by atoms with E-state index in [1.165, 1.54) is 10.9 Å². The van der Waals surface area contributed by atoms with Crippen LogP contribution in [0.4, 0.5) is 0 Å². The van der Waals surface area contributed by atoms with Gasteiger partial charge in [-0.05, 0) is 0 Å². The Kier molecular flexibility index (Phi) is 4.81. The maximum Gasteiger partial charge on any atom is 0.218 e. The first-order valence-electron chi connectivity index (χ1n) is 4.14. The number of nitrogens with zero attached hydrogens (tertiary/aromatic N) is 2. The topological polar surface area (TPSA) is 56.1 Å². The van der Waals surface area contributed by atoms with Crippen molar-refractivity contribution in [1.29, 1.82) is 0 Å². The van der Waals surface area contributed by atoms with Crippen molar-refractivity contribution in [2.45, 2.75) is 0 Å². The SMILES string of the molecule is C1COCCN1.O=Cn1ccnc1. The largest absolute Gasteiger partial charge is 0.379 e. The van der Waals surface area contributed by atoms with Crippen molar-refractivity contribution in [3.05, 3.63) is 18.7 Å². The number of aromatic nitrogens is 2. The van der Waals surface area contributed by atoms with Crippen molar-refractivity contribution in [2.24, 2.45) is 0 Å². The summed E-state index contributed by atoms with van der Waals surface area (Å²) < 4.78 is 6.34. The van der Waals surface area contributed by atoms with Crippen LogP contribution in [0, 0.1) is 0 Å². The Balaban J connectivity index is 0.000000132. The van der Waals surface area contributed by atoms with Gasteiger partial charge in [0.15, 0.2) is 0 Å². The maximum atomic E-state index is 9.79. The van der Waals surface area contributed by atoms with Crippen LogP contribution in [0.15, 0.2) is 18.7 Å². The highest BCUT2D eigenvalue weighted by molar-refractivity contribution is 5.50. The van der Waals surface area contributed by atoms with Crippen LogP contribution in [0.25, 0.3) is 0 Å². The molecule has 1 aromatic heterocycles. The molecule has 2 rings (SSSR count). The molecule has 1 saturated heterocycles. The van der Waals surface area contributed by atoms with E-state index in [2.05, 4.69) is 10.3 Å². The van der Waals surface area contributed by atoms with Crippen LogP contribution in [0.1, 0.15) is 0 Å². The molecule has 1 N–H and O–H groups in total. The smallest absolute Gasteiger partial charge is 0.218 e. The van der Waals surface area contributed by atoms with Crippen molar-refractivity contribution in [3.8, 4) is 0 Å². The molecule has 0 amide bonds. The van der Waals surface area contributed by atoms with E-state index in [1.807, 2.05) is 0 Å². The Morgan fingerprint density at radius 2 is 2.23 bits per heavy atom. The van der Waals surface area contributed by atoms with E-state index in [1.54, 1.807) is 12.4 Å². The minimum absolute atomic E-state index is 0.688. The Morgan fingerprint density at radius 1 is 1.46 bits per heavy atom. The molecule has 0 atom stereocenters. The Labute approximate surface area is 76.7 Å². The molecule has 1 aliphatic heterocycles. The van der Waals surface area contributed by atoms with Crippen molar-refractivity contribution in [1.82, 2.24) is 14.9 Å². The molecule has 72 valence electrons. The van der Waals surface area contributed by atoms with Gasteiger partial charge in [-0.25, -0.2) is 4.98 Å². The van der Waals surface area contributed by atoms with Gasteiger partial charge in [-0.3, -0.25) is 9.36 Å². The van der Waals surface area contributed by atoms with E-state index in [0.717, 1.165) is 26.3 Å². The summed E-state index contributed by atoms with van der Waals surface area (Å²) in [6.07, 6.45) is 5.25. The van der Waals surface area contributed by atoms with E-state index in [0.29, 0.717) is 6.41 Å². The fraction of sp³-hybridized carbons (Fsp3) is 0.500. The molecule has 0 aromatic carbocycles. The first kappa shape index (κ1) is 9.88. The van der Waals surface area contributed by atoms with Gasteiger partial charge in [0.05, 0.1) is 13.2 Å². The lowest BCUT2D eigenvalue weighted by molar-refractivity contribution is 0.109. The number of imidazole rings is 1. The van der Waals surface area contributed by atoms with Crippen molar-refractivity contribution < 1.29 is 9.53 Å². The highest BCUT2D eigenvalue weighted by Crippen LogP contribution is 1.76. The van der Waals surface area contributed by atoms with E-state index in [-0.39, 0.29) is 0 Å². The zero-order valence-corrected chi connectivity index (χ0v) is 7.35. The second kappa shape index (κ2) is 6.33. The molecule has 5 nitrogen and oxygen atoms in total. The maximum absolute atomic E-state index is 9.79. The zero-order valence-electron chi connectivity index (χ0n) is 7.35. The molecule has 0 spiro atoms. The van der Waals surface area contributed by atoms with Gasteiger partial charge in [0.25, 0.3) is 0 Å². The molecule has 1 aliphatic rings. The number of morpholine rings is 1. The number of hydrogen-bond acceptors (Lipinski definition) is 4. The van der Waals surface area contributed by atoms with Crippen molar-refractivity contribution in [3.63, 3.8) is 0 Å². The van der Waals surface area contributed by atoms with Crippen LogP contribution >= 0.6 is 0 Å². The second-order valence-electron chi connectivity index (χ2n) is 2.48. The summed E-state index contributed by atoms with van der Waals surface area (Å²) in [5.41, 5.74) is 0. The van der Waals surface area contributed by atoms with Gasteiger partial charge in [0, 0.05) is 25.5 Å². The zero-order chi connectivity index (χ0) is 9.36. The van der Waals surface area contributed by atoms with Crippen LogP contribution < -0.4 is 5.32 Å². The molecular formula is C8H13N3O2. The number of hydrogen-bond donors (Lipinski definition) is 1. The minimum Gasteiger partial charge on any atom is -0.379 e. The minimum atomic E-state index is 0.688. The molecule has 5 heteroatoms. The average Bonchev–Trinajstić information content (AvgIpc) is 2.74. The van der Waals surface area contributed by atoms with E-state index >= 15 is 0 Å². The van der Waals surface area contributed by atoms with E-state index < -0.39 is 0 Å². The van der Waals surface area contributed by atoms with Crippen molar-refractivity contribution in [2.75, 3.05) is 26.3 Å². The van der Waals surface area contributed by atoms with Crippen LogP contribution in [-0.4, -0.2) is 42.3 Å². The van der Waals surface area contributed by atoms with Gasteiger partial charge in [-0.15, -0.1) is 0 Å². The number of rotatable bonds is 1. The summed E-state index contributed by atoms with van der Waals surface area (Å²) in [5, 5.41) is 3.16. The summed E-state index contributed by atoms with van der Waals surface area (Å²) in [5.74, 6) is 0. The average molecular weight is 183 g/mol. The Bertz CT molecular complexity index is 208. The number of carbonyl (C=O) groups is 1. The quantitative estimate of drug-likeness (QED) is 0.598.